The highest BCUT2D eigenvalue weighted by Crippen LogP contribution is 2.42. The topological polar surface area (TPSA) is 70.1 Å². The Morgan fingerprint density at radius 2 is 1.85 bits per heavy atom. The van der Waals surface area contributed by atoms with E-state index in [2.05, 4.69) is 0 Å². The highest BCUT2D eigenvalue weighted by Gasteiger charge is 2.53. The van der Waals surface area contributed by atoms with E-state index in [9.17, 15) is 14.7 Å². The molecular formula is C21H22N2O4. The first-order valence-corrected chi connectivity index (χ1v) is 9.04. The van der Waals surface area contributed by atoms with Crippen molar-refractivity contribution in [1.29, 1.82) is 0 Å². The third-order valence-corrected chi connectivity index (χ3v) is 5.74. The fourth-order valence-electron chi connectivity index (χ4n) is 4.20. The molecular weight excluding hydrogens is 344 g/mol. The van der Waals surface area contributed by atoms with E-state index in [1.54, 1.807) is 21.9 Å². The summed E-state index contributed by atoms with van der Waals surface area (Å²) in [6.45, 7) is 0.954. The Hall–Kier alpha value is -2.86. The van der Waals surface area contributed by atoms with Crippen LogP contribution in [0.1, 0.15) is 22.3 Å². The molecule has 0 bridgehead atoms. The summed E-state index contributed by atoms with van der Waals surface area (Å²) in [6, 6.07) is 16.2. The Morgan fingerprint density at radius 1 is 1.15 bits per heavy atom. The number of morpholine rings is 1. The molecule has 2 heterocycles. The van der Waals surface area contributed by atoms with Gasteiger partial charge in [0.1, 0.15) is 18.5 Å². The number of likely N-dealkylation sites (N-methyl/N-ethyl adjacent to an activating group) is 1. The lowest BCUT2D eigenvalue weighted by Crippen LogP contribution is -2.67. The number of phenols is 1. The second-order valence-electron chi connectivity index (χ2n) is 7.09. The number of ether oxygens (including phenoxy) is 1. The van der Waals surface area contributed by atoms with Gasteiger partial charge in [-0.15, -0.1) is 0 Å². The Morgan fingerprint density at radius 3 is 2.56 bits per heavy atom. The number of aromatic hydroxyl groups is 1. The molecule has 2 aliphatic rings. The van der Waals surface area contributed by atoms with Gasteiger partial charge in [0, 0.05) is 25.7 Å². The van der Waals surface area contributed by atoms with Gasteiger partial charge in [-0.2, -0.15) is 0 Å². The molecule has 27 heavy (non-hydrogen) atoms. The van der Waals surface area contributed by atoms with E-state index in [1.165, 1.54) is 12.1 Å². The van der Waals surface area contributed by atoms with Crippen LogP contribution in [0.2, 0.25) is 0 Å². The van der Waals surface area contributed by atoms with Gasteiger partial charge >= 0.3 is 0 Å². The van der Waals surface area contributed by atoms with E-state index in [1.807, 2.05) is 37.4 Å². The molecule has 0 unspecified atom stereocenters. The van der Waals surface area contributed by atoms with E-state index < -0.39 is 5.54 Å². The number of hydrogen-bond acceptors (Lipinski definition) is 4. The Bertz CT molecular complexity index is 852. The van der Waals surface area contributed by atoms with Crippen LogP contribution in [0.3, 0.4) is 0 Å². The van der Waals surface area contributed by atoms with Crippen molar-refractivity contribution in [2.24, 2.45) is 0 Å². The van der Waals surface area contributed by atoms with Crippen LogP contribution in [0.5, 0.6) is 5.75 Å². The maximum Gasteiger partial charge on any atom is 0.253 e. The molecule has 4 rings (SSSR count). The van der Waals surface area contributed by atoms with Crippen molar-refractivity contribution < 1.29 is 19.4 Å². The number of fused-ring (bicyclic) bond motifs is 1. The molecule has 6 heteroatoms. The minimum absolute atomic E-state index is 0.0248. The zero-order valence-electron chi connectivity index (χ0n) is 15.2. The second kappa shape index (κ2) is 6.70. The van der Waals surface area contributed by atoms with Gasteiger partial charge in [0.15, 0.2) is 0 Å². The molecule has 0 aromatic heterocycles. The first kappa shape index (κ1) is 17.5. The number of rotatable bonds is 2. The highest BCUT2D eigenvalue weighted by atomic mass is 16.5. The zero-order valence-corrected chi connectivity index (χ0v) is 15.2. The zero-order chi connectivity index (χ0) is 19.0. The lowest BCUT2D eigenvalue weighted by atomic mass is 9.76. The molecule has 2 aromatic carbocycles. The summed E-state index contributed by atoms with van der Waals surface area (Å²) in [6.07, 6.45) is 0.311. The van der Waals surface area contributed by atoms with Gasteiger partial charge in [-0.05, 0) is 36.2 Å². The van der Waals surface area contributed by atoms with Crippen LogP contribution in [-0.2, 0) is 15.1 Å². The first-order valence-electron chi connectivity index (χ1n) is 9.04. The summed E-state index contributed by atoms with van der Waals surface area (Å²) < 4.78 is 5.93. The number of hydrogen-bond donors (Lipinski definition) is 1. The van der Waals surface area contributed by atoms with Crippen molar-refractivity contribution in [1.82, 2.24) is 9.80 Å². The van der Waals surface area contributed by atoms with E-state index in [-0.39, 0.29) is 30.3 Å². The average Bonchev–Trinajstić information content (AvgIpc) is 2.71. The lowest BCUT2D eigenvalue weighted by Gasteiger charge is -2.54. The van der Waals surface area contributed by atoms with Crippen molar-refractivity contribution in [3.05, 3.63) is 65.7 Å². The van der Waals surface area contributed by atoms with Crippen LogP contribution in [-0.4, -0.2) is 59.6 Å². The van der Waals surface area contributed by atoms with Crippen molar-refractivity contribution in [3.8, 4) is 5.75 Å². The van der Waals surface area contributed by atoms with Crippen LogP contribution < -0.4 is 0 Å². The molecule has 0 spiro atoms. The summed E-state index contributed by atoms with van der Waals surface area (Å²) in [5.41, 5.74) is 0.991. The Balaban J connectivity index is 1.64. The lowest BCUT2D eigenvalue weighted by molar-refractivity contribution is -0.180. The number of amides is 2. The molecule has 2 aliphatic heterocycles. The number of carbonyl (C=O) groups is 2. The molecule has 2 fully saturated rings. The predicted octanol–water partition coefficient (Wildman–Crippen LogP) is 1.99. The smallest absolute Gasteiger partial charge is 0.253 e. The minimum atomic E-state index is -0.567. The van der Waals surface area contributed by atoms with Gasteiger partial charge < -0.3 is 19.6 Å². The molecule has 6 nitrogen and oxygen atoms in total. The van der Waals surface area contributed by atoms with Crippen molar-refractivity contribution in [2.45, 2.75) is 18.1 Å². The SMILES string of the molecule is CN1C(=O)CO[C@@H]2CN(C(=O)c3ccc(O)cc3)CC[C@]21c1ccccc1. The third-order valence-electron chi connectivity index (χ3n) is 5.74. The molecule has 2 atom stereocenters. The highest BCUT2D eigenvalue weighted by molar-refractivity contribution is 5.94. The van der Waals surface area contributed by atoms with Crippen molar-refractivity contribution >= 4 is 11.8 Å². The van der Waals surface area contributed by atoms with Gasteiger partial charge in [0.05, 0.1) is 5.54 Å². The van der Waals surface area contributed by atoms with Crippen LogP contribution in [0.25, 0.3) is 0 Å². The molecule has 0 saturated carbocycles. The fourth-order valence-corrected chi connectivity index (χ4v) is 4.20. The van der Waals surface area contributed by atoms with Gasteiger partial charge in [0.25, 0.3) is 5.91 Å². The maximum atomic E-state index is 12.9. The summed E-state index contributed by atoms with van der Waals surface area (Å²) in [5.74, 6) is -0.0164. The fraction of sp³-hybridized carbons (Fsp3) is 0.333. The molecule has 2 saturated heterocycles. The number of likely N-dealkylation sites (tertiary alicyclic amines) is 1. The second-order valence-corrected chi connectivity index (χ2v) is 7.09. The number of carbonyl (C=O) groups excluding carboxylic acids is 2. The number of nitrogens with zero attached hydrogens (tertiary/aromatic N) is 2. The predicted molar refractivity (Wildman–Crippen MR) is 99.3 cm³/mol. The minimum Gasteiger partial charge on any atom is -0.508 e. The number of piperidine rings is 1. The average molecular weight is 366 g/mol. The Labute approximate surface area is 158 Å². The summed E-state index contributed by atoms with van der Waals surface area (Å²) in [4.78, 5) is 28.8. The Kier molecular flexibility index (Phi) is 4.36. The molecule has 1 N–H and O–H groups in total. The third kappa shape index (κ3) is 2.86. The van der Waals surface area contributed by atoms with E-state index >= 15 is 0 Å². The molecule has 0 aliphatic carbocycles. The first-order chi connectivity index (χ1) is 13.0. The largest absolute Gasteiger partial charge is 0.508 e. The monoisotopic (exact) mass is 366 g/mol. The maximum absolute atomic E-state index is 12.9. The summed E-state index contributed by atoms with van der Waals surface area (Å²) in [7, 11) is 1.82. The number of benzene rings is 2. The van der Waals surface area contributed by atoms with Crippen LogP contribution >= 0.6 is 0 Å². The van der Waals surface area contributed by atoms with E-state index in [4.69, 9.17) is 4.74 Å². The van der Waals surface area contributed by atoms with Gasteiger partial charge in [0.2, 0.25) is 5.91 Å². The van der Waals surface area contributed by atoms with Crippen molar-refractivity contribution in [3.63, 3.8) is 0 Å². The summed E-state index contributed by atoms with van der Waals surface area (Å²) >= 11 is 0. The molecule has 0 radical (unpaired) electrons. The van der Waals surface area contributed by atoms with Crippen molar-refractivity contribution in [2.75, 3.05) is 26.7 Å². The quantitative estimate of drug-likeness (QED) is 0.883. The van der Waals surface area contributed by atoms with Gasteiger partial charge in [-0.3, -0.25) is 9.59 Å². The van der Waals surface area contributed by atoms with Crippen LogP contribution in [0.15, 0.2) is 54.6 Å². The van der Waals surface area contributed by atoms with Crippen LogP contribution in [0.4, 0.5) is 0 Å². The van der Waals surface area contributed by atoms with Crippen LogP contribution in [0, 0.1) is 0 Å². The number of phenolic OH excluding ortho intramolecular Hbond substituents is 1. The van der Waals surface area contributed by atoms with E-state index in [0.717, 1.165) is 5.56 Å². The van der Waals surface area contributed by atoms with Gasteiger partial charge in [-0.25, -0.2) is 0 Å². The summed E-state index contributed by atoms with van der Waals surface area (Å²) in [5, 5.41) is 9.43. The normalized spacial score (nSPS) is 25.2. The molecule has 140 valence electrons. The van der Waals surface area contributed by atoms with Gasteiger partial charge in [-0.1, -0.05) is 30.3 Å². The van der Waals surface area contributed by atoms with E-state index in [0.29, 0.717) is 25.1 Å². The molecule has 2 amide bonds. The standard InChI is InChI=1S/C21H22N2O4/c1-22-19(25)14-27-18-13-23(20(26)15-7-9-17(24)10-8-15)12-11-21(18,22)16-5-3-2-4-6-16/h2-10,18,24H,11-14H2,1H3/t18-,21+/m1/s1. The molecule has 2 aromatic rings.